The summed E-state index contributed by atoms with van der Waals surface area (Å²) in [6, 6.07) is 0. The summed E-state index contributed by atoms with van der Waals surface area (Å²) in [5.41, 5.74) is 0.482. The first-order valence-corrected chi connectivity index (χ1v) is 5.61. The molecule has 1 aliphatic carbocycles. The molecule has 0 aromatic rings. The molecule has 2 fully saturated rings. The lowest BCUT2D eigenvalue weighted by Gasteiger charge is -2.53. The molecule has 2 aliphatic rings. The van der Waals surface area contributed by atoms with Gasteiger partial charge in [-0.05, 0) is 35.5 Å². The van der Waals surface area contributed by atoms with Crippen molar-refractivity contribution < 1.29 is 4.74 Å². The summed E-state index contributed by atoms with van der Waals surface area (Å²) in [6.45, 7) is 11.7. The maximum absolute atomic E-state index is 5.69. The predicted octanol–water partition coefficient (Wildman–Crippen LogP) is 2.95. The second kappa shape index (κ2) is 2.98. The Morgan fingerprint density at radius 1 is 1.15 bits per heavy atom. The number of ether oxygens (including phenoxy) is 1. The van der Waals surface area contributed by atoms with Gasteiger partial charge in [0.05, 0.1) is 6.61 Å². The summed E-state index contributed by atoms with van der Waals surface area (Å²) in [6.07, 6.45) is 1.37. The summed E-state index contributed by atoms with van der Waals surface area (Å²) in [7, 11) is 0. The third-order valence-electron chi connectivity index (χ3n) is 4.89. The highest BCUT2D eigenvalue weighted by atomic mass is 16.5. The molecule has 2 bridgehead atoms. The van der Waals surface area contributed by atoms with Gasteiger partial charge in [0.2, 0.25) is 0 Å². The minimum atomic E-state index is 0.482. The average molecular weight is 182 g/mol. The van der Waals surface area contributed by atoms with E-state index >= 15 is 0 Å². The summed E-state index contributed by atoms with van der Waals surface area (Å²) in [5, 5.41) is 0. The van der Waals surface area contributed by atoms with Crippen LogP contribution in [0.5, 0.6) is 0 Å². The Kier molecular flexibility index (Phi) is 2.18. The van der Waals surface area contributed by atoms with Crippen molar-refractivity contribution >= 4 is 0 Å². The van der Waals surface area contributed by atoms with Crippen LogP contribution in [0.2, 0.25) is 0 Å². The van der Waals surface area contributed by atoms with Crippen molar-refractivity contribution in [1.82, 2.24) is 0 Å². The second-order valence-corrected chi connectivity index (χ2v) is 5.72. The Balaban J connectivity index is 2.24. The van der Waals surface area contributed by atoms with E-state index in [9.17, 15) is 0 Å². The van der Waals surface area contributed by atoms with Crippen LogP contribution in [0.3, 0.4) is 0 Å². The van der Waals surface area contributed by atoms with E-state index in [1.807, 2.05) is 0 Å². The van der Waals surface area contributed by atoms with Crippen LogP contribution in [0.15, 0.2) is 0 Å². The molecule has 1 saturated carbocycles. The SMILES string of the molecule is CC1C2COCC1C(C)(C)C(C)C2. The normalized spacial score (nSPS) is 48.9. The largest absolute Gasteiger partial charge is 0.381 e. The van der Waals surface area contributed by atoms with E-state index in [0.29, 0.717) is 5.41 Å². The van der Waals surface area contributed by atoms with Gasteiger partial charge in [-0.2, -0.15) is 0 Å². The molecule has 76 valence electrons. The van der Waals surface area contributed by atoms with Crippen molar-refractivity contribution in [2.75, 3.05) is 13.2 Å². The highest BCUT2D eigenvalue weighted by Crippen LogP contribution is 2.51. The maximum atomic E-state index is 5.69. The molecule has 0 aromatic carbocycles. The Bertz CT molecular complexity index is 197. The number of rotatable bonds is 0. The van der Waals surface area contributed by atoms with Gasteiger partial charge >= 0.3 is 0 Å². The Hall–Kier alpha value is -0.0400. The van der Waals surface area contributed by atoms with E-state index in [0.717, 1.165) is 36.9 Å². The van der Waals surface area contributed by atoms with Crippen LogP contribution in [-0.2, 0) is 4.74 Å². The van der Waals surface area contributed by atoms with Crippen LogP contribution in [-0.4, -0.2) is 13.2 Å². The highest BCUT2D eigenvalue weighted by Gasteiger charge is 2.47. The lowest BCUT2D eigenvalue weighted by Crippen LogP contribution is -2.50. The molecule has 0 radical (unpaired) electrons. The standard InChI is InChI=1S/C12H22O/c1-8-5-10-6-13-7-11(9(10)2)12(8,3)4/h8-11H,5-7H2,1-4H3. The highest BCUT2D eigenvalue weighted by molar-refractivity contribution is 4.96. The topological polar surface area (TPSA) is 9.23 Å². The van der Waals surface area contributed by atoms with E-state index in [1.165, 1.54) is 6.42 Å². The first kappa shape index (κ1) is 9.51. The molecule has 0 N–H and O–H groups in total. The fourth-order valence-electron chi connectivity index (χ4n) is 3.28. The first-order chi connectivity index (χ1) is 6.03. The van der Waals surface area contributed by atoms with Gasteiger partial charge in [-0.25, -0.2) is 0 Å². The predicted molar refractivity (Wildman–Crippen MR) is 54.5 cm³/mol. The molecular formula is C12H22O. The smallest absolute Gasteiger partial charge is 0.0502 e. The summed E-state index contributed by atoms with van der Waals surface area (Å²) in [4.78, 5) is 0. The Labute approximate surface area is 81.9 Å². The van der Waals surface area contributed by atoms with Crippen molar-refractivity contribution in [1.29, 1.82) is 0 Å². The fraction of sp³-hybridized carbons (Fsp3) is 1.00. The van der Waals surface area contributed by atoms with E-state index in [2.05, 4.69) is 27.7 Å². The van der Waals surface area contributed by atoms with Crippen molar-refractivity contribution in [3.05, 3.63) is 0 Å². The molecule has 0 amide bonds. The molecule has 2 rings (SSSR count). The van der Waals surface area contributed by atoms with Gasteiger partial charge < -0.3 is 4.74 Å². The van der Waals surface area contributed by atoms with Crippen LogP contribution in [0.25, 0.3) is 0 Å². The molecule has 1 nitrogen and oxygen atoms in total. The number of hydrogen-bond donors (Lipinski definition) is 0. The average Bonchev–Trinajstić information content (AvgIpc) is 2.05. The molecule has 1 heterocycles. The van der Waals surface area contributed by atoms with E-state index in [4.69, 9.17) is 4.74 Å². The zero-order valence-corrected chi connectivity index (χ0v) is 9.34. The third-order valence-corrected chi connectivity index (χ3v) is 4.89. The Morgan fingerprint density at radius 3 is 2.54 bits per heavy atom. The minimum Gasteiger partial charge on any atom is -0.381 e. The first-order valence-electron chi connectivity index (χ1n) is 5.61. The van der Waals surface area contributed by atoms with Crippen LogP contribution in [0, 0.1) is 29.1 Å². The number of fused-ring (bicyclic) bond motifs is 2. The van der Waals surface area contributed by atoms with Gasteiger partial charge in [0, 0.05) is 6.61 Å². The zero-order chi connectivity index (χ0) is 9.64. The van der Waals surface area contributed by atoms with Gasteiger partial charge in [0.25, 0.3) is 0 Å². The second-order valence-electron chi connectivity index (χ2n) is 5.72. The monoisotopic (exact) mass is 182 g/mol. The number of hydrogen-bond acceptors (Lipinski definition) is 1. The molecule has 4 atom stereocenters. The van der Waals surface area contributed by atoms with Crippen LogP contribution >= 0.6 is 0 Å². The van der Waals surface area contributed by atoms with Crippen molar-refractivity contribution in [2.45, 2.75) is 34.1 Å². The zero-order valence-electron chi connectivity index (χ0n) is 9.34. The molecule has 4 unspecified atom stereocenters. The van der Waals surface area contributed by atoms with Crippen molar-refractivity contribution in [3.63, 3.8) is 0 Å². The van der Waals surface area contributed by atoms with Crippen molar-refractivity contribution in [2.24, 2.45) is 29.1 Å². The van der Waals surface area contributed by atoms with Gasteiger partial charge in [-0.15, -0.1) is 0 Å². The summed E-state index contributed by atoms with van der Waals surface area (Å²) in [5.74, 6) is 3.36. The molecule has 0 spiro atoms. The van der Waals surface area contributed by atoms with E-state index in [-0.39, 0.29) is 0 Å². The lowest BCUT2D eigenvalue weighted by molar-refractivity contribution is -0.127. The van der Waals surface area contributed by atoms with Gasteiger partial charge in [0.1, 0.15) is 0 Å². The molecule has 1 saturated heterocycles. The molecule has 1 aliphatic heterocycles. The minimum absolute atomic E-state index is 0.482. The Morgan fingerprint density at radius 2 is 1.85 bits per heavy atom. The van der Waals surface area contributed by atoms with E-state index < -0.39 is 0 Å². The van der Waals surface area contributed by atoms with Crippen molar-refractivity contribution in [3.8, 4) is 0 Å². The van der Waals surface area contributed by atoms with Crippen LogP contribution in [0.4, 0.5) is 0 Å². The van der Waals surface area contributed by atoms with Gasteiger partial charge in [-0.1, -0.05) is 27.7 Å². The fourth-order valence-corrected chi connectivity index (χ4v) is 3.28. The summed E-state index contributed by atoms with van der Waals surface area (Å²) < 4.78 is 5.69. The molecule has 1 heteroatoms. The van der Waals surface area contributed by atoms with Crippen LogP contribution in [0.1, 0.15) is 34.1 Å². The quantitative estimate of drug-likeness (QED) is 0.559. The maximum Gasteiger partial charge on any atom is 0.0502 e. The lowest BCUT2D eigenvalue weighted by atomic mass is 9.55. The van der Waals surface area contributed by atoms with Crippen LogP contribution < -0.4 is 0 Å². The molecule has 0 aromatic heterocycles. The van der Waals surface area contributed by atoms with Gasteiger partial charge in [0.15, 0.2) is 0 Å². The third kappa shape index (κ3) is 1.32. The van der Waals surface area contributed by atoms with E-state index in [1.54, 1.807) is 0 Å². The molecular weight excluding hydrogens is 160 g/mol. The van der Waals surface area contributed by atoms with Gasteiger partial charge in [-0.3, -0.25) is 0 Å². The summed E-state index contributed by atoms with van der Waals surface area (Å²) >= 11 is 0. The molecule has 13 heavy (non-hydrogen) atoms.